The number of amides is 1. The van der Waals surface area contributed by atoms with E-state index in [0.29, 0.717) is 5.95 Å². The van der Waals surface area contributed by atoms with Gasteiger partial charge in [-0.2, -0.15) is 4.98 Å². The molecule has 1 aromatic carbocycles. The molecule has 1 amide bonds. The fourth-order valence-electron chi connectivity index (χ4n) is 3.20. The average molecular weight is 410 g/mol. The molecule has 2 aromatic rings. The van der Waals surface area contributed by atoms with Crippen molar-refractivity contribution in [1.29, 1.82) is 0 Å². The number of hydrogen-bond acceptors (Lipinski definition) is 5. The van der Waals surface area contributed by atoms with Crippen LogP contribution in [-0.4, -0.2) is 42.1 Å². The van der Waals surface area contributed by atoms with E-state index in [2.05, 4.69) is 20.6 Å². The van der Waals surface area contributed by atoms with Crippen molar-refractivity contribution in [3.63, 3.8) is 0 Å². The molecule has 1 fully saturated rings. The van der Waals surface area contributed by atoms with Crippen LogP contribution in [-0.2, 0) is 0 Å². The number of nitrogens with one attached hydrogen (secondary N) is 2. The summed E-state index contributed by atoms with van der Waals surface area (Å²) in [7, 11) is 3.83. The van der Waals surface area contributed by atoms with Crippen LogP contribution in [0.15, 0.2) is 24.4 Å². The molecule has 0 atom stereocenters. The van der Waals surface area contributed by atoms with Gasteiger partial charge in [0.1, 0.15) is 16.7 Å². The van der Waals surface area contributed by atoms with Crippen molar-refractivity contribution >= 4 is 29.3 Å². The molecule has 1 saturated carbocycles. The monoisotopic (exact) mass is 409 g/mol. The molecule has 1 aromatic heterocycles. The van der Waals surface area contributed by atoms with E-state index in [-0.39, 0.29) is 17.6 Å². The van der Waals surface area contributed by atoms with Crippen molar-refractivity contribution < 1.29 is 13.6 Å². The van der Waals surface area contributed by atoms with E-state index in [1.165, 1.54) is 0 Å². The van der Waals surface area contributed by atoms with Crippen molar-refractivity contribution in [3.05, 3.63) is 46.6 Å². The minimum absolute atomic E-state index is 0.0807. The van der Waals surface area contributed by atoms with Crippen LogP contribution < -0.4 is 15.5 Å². The van der Waals surface area contributed by atoms with Crippen molar-refractivity contribution in [2.75, 3.05) is 24.3 Å². The quantitative estimate of drug-likeness (QED) is 0.738. The number of hydrogen-bond donors (Lipinski definition) is 2. The molecule has 1 aliphatic carbocycles. The lowest BCUT2D eigenvalue weighted by Crippen LogP contribution is -2.40. The van der Waals surface area contributed by atoms with Gasteiger partial charge in [0.05, 0.1) is 5.56 Å². The number of nitrogens with zero attached hydrogens (tertiary/aromatic N) is 3. The summed E-state index contributed by atoms with van der Waals surface area (Å²) in [6, 6.07) is 4.04. The van der Waals surface area contributed by atoms with Crippen LogP contribution in [0.1, 0.15) is 36.0 Å². The number of carbonyl (C=O) groups is 1. The first-order valence-corrected chi connectivity index (χ1v) is 9.44. The second-order valence-corrected chi connectivity index (χ2v) is 7.40. The second-order valence-electron chi connectivity index (χ2n) is 7.02. The summed E-state index contributed by atoms with van der Waals surface area (Å²) in [5, 5.41) is 5.46. The van der Waals surface area contributed by atoms with Crippen LogP contribution >= 0.6 is 11.6 Å². The Morgan fingerprint density at radius 1 is 1.14 bits per heavy atom. The molecule has 0 aliphatic heterocycles. The Balaban J connectivity index is 1.54. The molecular formula is C19H22ClF2N5O. The number of halogens is 3. The Hall–Kier alpha value is -2.48. The van der Waals surface area contributed by atoms with E-state index >= 15 is 0 Å². The first kappa shape index (κ1) is 20.3. The van der Waals surface area contributed by atoms with E-state index < -0.39 is 22.6 Å². The zero-order valence-electron chi connectivity index (χ0n) is 15.7. The van der Waals surface area contributed by atoms with E-state index in [9.17, 15) is 13.6 Å². The van der Waals surface area contributed by atoms with Crippen LogP contribution in [0.3, 0.4) is 0 Å². The highest BCUT2D eigenvalue weighted by Gasteiger charge is 2.25. The largest absolute Gasteiger partial charge is 0.363 e. The SMILES string of the molecule is CN(C)c1ccnc(N[C@H]2CC[C@@H](NC(=O)c3ccc(F)c(Cl)c3F)CC2)n1. The summed E-state index contributed by atoms with van der Waals surface area (Å²) in [6.07, 6.45) is 4.79. The third-order valence-corrected chi connectivity index (χ3v) is 5.12. The number of anilines is 2. The minimum Gasteiger partial charge on any atom is -0.363 e. The van der Waals surface area contributed by atoms with Gasteiger partial charge in [-0.3, -0.25) is 4.79 Å². The molecule has 0 radical (unpaired) electrons. The van der Waals surface area contributed by atoms with Crippen molar-refractivity contribution in [2.45, 2.75) is 37.8 Å². The molecule has 0 bridgehead atoms. The fraction of sp³-hybridized carbons (Fsp3) is 0.421. The van der Waals surface area contributed by atoms with Crippen molar-refractivity contribution in [2.24, 2.45) is 0 Å². The maximum absolute atomic E-state index is 14.0. The van der Waals surface area contributed by atoms with Crippen molar-refractivity contribution in [3.8, 4) is 0 Å². The van der Waals surface area contributed by atoms with E-state index in [1.54, 1.807) is 6.20 Å². The topological polar surface area (TPSA) is 70.2 Å². The molecular weight excluding hydrogens is 388 g/mol. The molecule has 3 rings (SSSR count). The first-order chi connectivity index (χ1) is 13.3. The predicted octanol–water partition coefficient (Wildman–Crippen LogP) is 3.63. The molecule has 2 N–H and O–H groups in total. The third kappa shape index (κ3) is 4.67. The average Bonchev–Trinajstić information content (AvgIpc) is 2.68. The summed E-state index contributed by atoms with van der Waals surface area (Å²) in [5.74, 6) is -1.12. The van der Waals surface area contributed by atoms with E-state index in [1.807, 2.05) is 25.1 Å². The minimum atomic E-state index is -1.03. The molecule has 1 aliphatic rings. The molecule has 0 unspecified atom stereocenters. The summed E-state index contributed by atoms with van der Waals surface area (Å²) in [4.78, 5) is 22.9. The van der Waals surface area contributed by atoms with E-state index in [4.69, 9.17) is 11.6 Å². The van der Waals surface area contributed by atoms with Crippen LogP contribution in [0.5, 0.6) is 0 Å². The molecule has 6 nitrogen and oxygen atoms in total. The Morgan fingerprint density at radius 3 is 2.50 bits per heavy atom. The van der Waals surface area contributed by atoms with Crippen LogP contribution in [0.4, 0.5) is 20.5 Å². The van der Waals surface area contributed by atoms with Gasteiger partial charge in [-0.15, -0.1) is 0 Å². The Kier molecular flexibility index (Phi) is 6.28. The fourth-order valence-corrected chi connectivity index (χ4v) is 3.36. The molecule has 9 heteroatoms. The lowest BCUT2D eigenvalue weighted by atomic mass is 9.91. The highest BCUT2D eigenvalue weighted by atomic mass is 35.5. The number of aromatic nitrogens is 2. The van der Waals surface area contributed by atoms with Gasteiger partial charge in [0, 0.05) is 32.4 Å². The van der Waals surface area contributed by atoms with Crippen LogP contribution in [0.25, 0.3) is 0 Å². The Labute approximate surface area is 167 Å². The maximum Gasteiger partial charge on any atom is 0.254 e. The van der Waals surface area contributed by atoms with E-state index in [0.717, 1.165) is 43.6 Å². The molecule has 1 heterocycles. The lowest BCUT2D eigenvalue weighted by Gasteiger charge is -2.29. The summed E-state index contributed by atoms with van der Waals surface area (Å²) in [5.41, 5.74) is -0.249. The Morgan fingerprint density at radius 2 is 1.82 bits per heavy atom. The van der Waals surface area contributed by atoms with Gasteiger partial charge in [-0.1, -0.05) is 11.6 Å². The molecule has 150 valence electrons. The number of rotatable bonds is 5. The lowest BCUT2D eigenvalue weighted by molar-refractivity contribution is 0.0922. The third-order valence-electron chi connectivity index (χ3n) is 4.77. The van der Waals surface area contributed by atoms with Crippen molar-refractivity contribution in [1.82, 2.24) is 15.3 Å². The van der Waals surface area contributed by atoms with Gasteiger partial charge in [-0.25, -0.2) is 13.8 Å². The standard InChI is InChI=1S/C19H22ClF2N5O/c1-27(2)15-9-10-23-19(26-15)25-12-5-3-11(4-6-12)24-18(28)13-7-8-14(21)16(20)17(13)22/h7-12H,3-6H2,1-2H3,(H,24,28)(H,23,25,26)/t11-,12+. The molecule has 28 heavy (non-hydrogen) atoms. The second kappa shape index (κ2) is 8.68. The van der Waals surface area contributed by atoms with Gasteiger partial charge in [0.2, 0.25) is 5.95 Å². The normalized spacial score (nSPS) is 19.2. The van der Waals surface area contributed by atoms with Gasteiger partial charge < -0.3 is 15.5 Å². The van der Waals surface area contributed by atoms with Crippen LogP contribution in [0.2, 0.25) is 5.02 Å². The molecule has 0 saturated heterocycles. The summed E-state index contributed by atoms with van der Waals surface area (Å²) >= 11 is 5.54. The first-order valence-electron chi connectivity index (χ1n) is 9.06. The van der Waals surface area contributed by atoms with Gasteiger partial charge >= 0.3 is 0 Å². The molecule has 0 spiro atoms. The Bertz CT molecular complexity index is 856. The summed E-state index contributed by atoms with van der Waals surface area (Å²) < 4.78 is 27.2. The van der Waals surface area contributed by atoms with Gasteiger partial charge in [0.25, 0.3) is 5.91 Å². The predicted molar refractivity (Wildman–Crippen MR) is 105 cm³/mol. The number of carbonyl (C=O) groups excluding carboxylic acids is 1. The highest BCUT2D eigenvalue weighted by molar-refractivity contribution is 6.31. The smallest absolute Gasteiger partial charge is 0.254 e. The number of benzene rings is 1. The van der Waals surface area contributed by atoms with Gasteiger partial charge in [0.15, 0.2) is 5.82 Å². The zero-order valence-corrected chi connectivity index (χ0v) is 16.4. The van der Waals surface area contributed by atoms with Gasteiger partial charge in [-0.05, 0) is 43.9 Å². The maximum atomic E-state index is 14.0. The summed E-state index contributed by atoms with van der Waals surface area (Å²) in [6.45, 7) is 0. The van der Waals surface area contributed by atoms with Crippen LogP contribution in [0, 0.1) is 11.6 Å². The zero-order chi connectivity index (χ0) is 20.3. The highest BCUT2D eigenvalue weighted by Crippen LogP contribution is 2.24.